The third kappa shape index (κ3) is 3.12. The lowest BCUT2D eigenvalue weighted by molar-refractivity contribution is -0.130. The van der Waals surface area contributed by atoms with Gasteiger partial charge >= 0.3 is 5.97 Å². The van der Waals surface area contributed by atoms with Crippen molar-refractivity contribution < 1.29 is 27.4 Å². The first kappa shape index (κ1) is 15.6. The van der Waals surface area contributed by atoms with Crippen molar-refractivity contribution in [3.8, 4) is 0 Å². The molecular formula is C13H14FNO5S. The number of carboxylic acids is 1. The minimum Gasteiger partial charge on any atom is -0.478 e. The lowest BCUT2D eigenvalue weighted by Crippen LogP contribution is -2.40. The molecule has 8 heteroatoms. The third-order valence-electron chi connectivity index (χ3n) is 3.13. The van der Waals surface area contributed by atoms with Crippen molar-refractivity contribution in [2.75, 3.05) is 26.3 Å². The molecule has 0 unspecified atom stereocenters. The maximum absolute atomic E-state index is 13.9. The quantitative estimate of drug-likeness (QED) is 0.836. The van der Waals surface area contributed by atoms with Gasteiger partial charge in [-0.2, -0.15) is 4.31 Å². The van der Waals surface area contributed by atoms with E-state index in [9.17, 15) is 17.6 Å². The first-order valence-corrected chi connectivity index (χ1v) is 7.58. The van der Waals surface area contributed by atoms with Crippen molar-refractivity contribution in [2.24, 2.45) is 0 Å². The zero-order valence-electron chi connectivity index (χ0n) is 11.1. The summed E-state index contributed by atoms with van der Waals surface area (Å²) in [6, 6.07) is 3.10. The summed E-state index contributed by atoms with van der Waals surface area (Å²) in [6.07, 6.45) is 0. The molecule has 0 bridgehead atoms. The fourth-order valence-corrected chi connectivity index (χ4v) is 3.37. The van der Waals surface area contributed by atoms with Gasteiger partial charge in [0.25, 0.3) is 0 Å². The molecule has 1 aromatic carbocycles. The van der Waals surface area contributed by atoms with E-state index in [1.165, 1.54) is 10.4 Å². The van der Waals surface area contributed by atoms with Crippen LogP contribution in [0.2, 0.25) is 0 Å². The van der Waals surface area contributed by atoms with E-state index in [0.717, 1.165) is 12.1 Å². The molecule has 0 amide bonds. The molecule has 1 saturated heterocycles. The summed E-state index contributed by atoms with van der Waals surface area (Å²) in [6.45, 7) is 4.23. The van der Waals surface area contributed by atoms with E-state index in [2.05, 4.69) is 6.58 Å². The Hall–Kier alpha value is -1.77. The number of sulfonamides is 1. The second-order valence-corrected chi connectivity index (χ2v) is 6.38. The Morgan fingerprint density at radius 1 is 1.33 bits per heavy atom. The smallest absolute Gasteiger partial charge is 0.335 e. The van der Waals surface area contributed by atoms with Gasteiger partial charge in [0.15, 0.2) is 0 Å². The Labute approximate surface area is 121 Å². The van der Waals surface area contributed by atoms with Crippen molar-refractivity contribution in [1.82, 2.24) is 4.31 Å². The number of rotatable bonds is 4. The zero-order valence-corrected chi connectivity index (χ0v) is 11.9. The van der Waals surface area contributed by atoms with E-state index in [1.54, 1.807) is 0 Å². The number of carbonyl (C=O) groups is 1. The molecule has 1 heterocycles. The summed E-state index contributed by atoms with van der Waals surface area (Å²) < 4.78 is 44.8. The zero-order chi connectivity index (χ0) is 15.6. The summed E-state index contributed by atoms with van der Waals surface area (Å²) in [4.78, 5) is 10.6. The number of hydrogen-bond donors (Lipinski definition) is 1. The summed E-state index contributed by atoms with van der Waals surface area (Å²) in [7, 11) is -3.81. The topological polar surface area (TPSA) is 83.9 Å². The lowest BCUT2D eigenvalue weighted by atomic mass is 10.1. The van der Waals surface area contributed by atoms with E-state index < -0.39 is 27.4 Å². The molecule has 1 aliphatic heterocycles. The van der Waals surface area contributed by atoms with E-state index >= 15 is 0 Å². The van der Waals surface area contributed by atoms with Crippen LogP contribution in [-0.2, 0) is 19.6 Å². The number of carboxylic acid groups (broad SMARTS) is 1. The Bertz CT molecular complexity index is 680. The fourth-order valence-electron chi connectivity index (χ4n) is 1.95. The SMILES string of the molecule is C=C(C(=O)O)c1ccc(S(=O)(=O)N2CCOCC2)cc1F. The van der Waals surface area contributed by atoms with Crippen LogP contribution in [0, 0.1) is 5.82 Å². The monoisotopic (exact) mass is 315 g/mol. The summed E-state index contributed by atoms with van der Waals surface area (Å²) in [5.41, 5.74) is -0.661. The van der Waals surface area contributed by atoms with Crippen molar-refractivity contribution in [3.05, 3.63) is 36.2 Å². The molecule has 1 aliphatic rings. The third-order valence-corrected chi connectivity index (χ3v) is 5.03. The van der Waals surface area contributed by atoms with Gasteiger partial charge in [-0.3, -0.25) is 0 Å². The molecule has 0 atom stereocenters. The number of morpholine rings is 1. The van der Waals surface area contributed by atoms with Crippen LogP contribution in [0.15, 0.2) is 29.7 Å². The van der Waals surface area contributed by atoms with Crippen LogP contribution in [0.4, 0.5) is 4.39 Å². The predicted molar refractivity (Wildman–Crippen MR) is 72.6 cm³/mol. The number of aliphatic carboxylic acids is 1. The van der Waals surface area contributed by atoms with E-state index in [-0.39, 0.29) is 36.8 Å². The molecule has 0 aromatic heterocycles. The van der Waals surface area contributed by atoms with Crippen LogP contribution >= 0.6 is 0 Å². The van der Waals surface area contributed by atoms with Gasteiger partial charge in [0.1, 0.15) is 5.82 Å². The summed E-state index contributed by atoms with van der Waals surface area (Å²) >= 11 is 0. The normalized spacial score (nSPS) is 16.6. The van der Waals surface area contributed by atoms with Gasteiger partial charge in [-0.25, -0.2) is 17.6 Å². The number of benzene rings is 1. The Morgan fingerprint density at radius 3 is 2.48 bits per heavy atom. The van der Waals surface area contributed by atoms with Crippen LogP contribution in [0.3, 0.4) is 0 Å². The number of hydrogen-bond acceptors (Lipinski definition) is 4. The molecule has 0 spiro atoms. The van der Waals surface area contributed by atoms with Crippen LogP contribution in [0.5, 0.6) is 0 Å². The Kier molecular flexibility index (Phi) is 4.40. The highest BCUT2D eigenvalue weighted by Crippen LogP contribution is 2.23. The minimum absolute atomic E-state index is 0.202. The van der Waals surface area contributed by atoms with Crippen LogP contribution in [-0.4, -0.2) is 50.1 Å². The van der Waals surface area contributed by atoms with Gasteiger partial charge < -0.3 is 9.84 Å². The molecule has 2 rings (SSSR count). The Balaban J connectivity index is 2.35. The molecular weight excluding hydrogens is 301 g/mol. The highest BCUT2D eigenvalue weighted by molar-refractivity contribution is 7.89. The van der Waals surface area contributed by atoms with Crippen molar-refractivity contribution in [3.63, 3.8) is 0 Å². The summed E-state index contributed by atoms with van der Waals surface area (Å²) in [5.74, 6) is -2.30. The number of halogens is 1. The van der Waals surface area contributed by atoms with Crippen LogP contribution in [0.25, 0.3) is 5.57 Å². The average Bonchev–Trinajstić information content (AvgIpc) is 2.47. The Morgan fingerprint density at radius 2 is 1.95 bits per heavy atom. The largest absolute Gasteiger partial charge is 0.478 e. The second kappa shape index (κ2) is 5.92. The molecule has 1 N–H and O–H groups in total. The van der Waals surface area contributed by atoms with Gasteiger partial charge in [0.05, 0.1) is 23.7 Å². The van der Waals surface area contributed by atoms with Crippen molar-refractivity contribution in [1.29, 1.82) is 0 Å². The van der Waals surface area contributed by atoms with E-state index in [4.69, 9.17) is 9.84 Å². The molecule has 0 radical (unpaired) electrons. The molecule has 6 nitrogen and oxygen atoms in total. The van der Waals surface area contributed by atoms with Gasteiger partial charge in [-0.15, -0.1) is 0 Å². The van der Waals surface area contributed by atoms with Crippen molar-refractivity contribution >= 4 is 21.6 Å². The molecule has 0 aliphatic carbocycles. The van der Waals surface area contributed by atoms with Crippen LogP contribution in [0.1, 0.15) is 5.56 Å². The van der Waals surface area contributed by atoms with Gasteiger partial charge in [0, 0.05) is 18.7 Å². The molecule has 1 aromatic rings. The molecule has 114 valence electrons. The van der Waals surface area contributed by atoms with E-state index in [1.807, 2.05) is 0 Å². The minimum atomic E-state index is -3.81. The van der Waals surface area contributed by atoms with Gasteiger partial charge in [0.2, 0.25) is 10.0 Å². The van der Waals surface area contributed by atoms with Gasteiger partial charge in [-0.05, 0) is 18.2 Å². The number of ether oxygens (including phenoxy) is 1. The standard InChI is InChI=1S/C13H14FNO5S/c1-9(13(16)17)11-3-2-10(8-12(11)14)21(18,19)15-4-6-20-7-5-15/h2-3,8H,1,4-7H2,(H,16,17). The van der Waals surface area contributed by atoms with Gasteiger partial charge in [-0.1, -0.05) is 6.58 Å². The maximum Gasteiger partial charge on any atom is 0.335 e. The van der Waals surface area contributed by atoms with E-state index in [0.29, 0.717) is 0 Å². The molecule has 1 fully saturated rings. The highest BCUT2D eigenvalue weighted by atomic mass is 32.2. The number of nitrogens with zero attached hydrogens (tertiary/aromatic N) is 1. The maximum atomic E-state index is 13.9. The highest BCUT2D eigenvalue weighted by Gasteiger charge is 2.27. The average molecular weight is 315 g/mol. The second-order valence-electron chi connectivity index (χ2n) is 4.44. The first-order chi connectivity index (χ1) is 9.84. The molecule has 21 heavy (non-hydrogen) atoms. The lowest BCUT2D eigenvalue weighted by Gasteiger charge is -2.26. The first-order valence-electron chi connectivity index (χ1n) is 6.14. The molecule has 0 saturated carbocycles. The van der Waals surface area contributed by atoms with Crippen molar-refractivity contribution in [2.45, 2.75) is 4.90 Å². The van der Waals surface area contributed by atoms with Crippen LogP contribution < -0.4 is 0 Å². The predicted octanol–water partition coefficient (Wildman–Crippen LogP) is 0.944. The summed E-state index contributed by atoms with van der Waals surface area (Å²) in [5, 5.41) is 8.79. The fraction of sp³-hybridized carbons (Fsp3) is 0.308.